The van der Waals surface area contributed by atoms with Gasteiger partial charge in [0.2, 0.25) is 6.41 Å². The highest BCUT2D eigenvalue weighted by Gasteiger charge is 2.24. The molecule has 12 nitrogen and oxygen atoms in total. The van der Waals surface area contributed by atoms with Crippen LogP contribution in [-0.2, 0) is 37.5 Å². The highest BCUT2D eigenvalue weighted by atomic mass is 35.5. The van der Waals surface area contributed by atoms with Crippen molar-refractivity contribution in [1.82, 2.24) is 9.97 Å². The van der Waals surface area contributed by atoms with Gasteiger partial charge in [-0.3, -0.25) is 19.0 Å². The Hall–Kier alpha value is -1.82. The molecular weight excluding hydrogens is 443 g/mol. The van der Waals surface area contributed by atoms with E-state index in [1.807, 2.05) is 0 Å². The average Bonchev–Trinajstić information content (AvgIpc) is 2.69. The molecule has 30 heavy (non-hydrogen) atoms. The number of nitrogens with zero attached hydrogens (tertiary/aromatic N) is 2. The molecule has 170 valence electrons. The number of halogens is 1. The normalized spacial score (nSPS) is 12.8. The van der Waals surface area contributed by atoms with Crippen molar-refractivity contribution < 1.29 is 37.5 Å². The van der Waals surface area contributed by atoms with Crippen LogP contribution < -0.4 is 10.8 Å². The minimum absolute atomic E-state index is 0.0612. The van der Waals surface area contributed by atoms with Gasteiger partial charge < -0.3 is 23.8 Å². The molecule has 0 aliphatic rings. The van der Waals surface area contributed by atoms with Gasteiger partial charge in [-0.2, -0.15) is 0 Å². The maximum atomic E-state index is 12.5. The van der Waals surface area contributed by atoms with Crippen LogP contribution in [0.15, 0.2) is 6.33 Å². The third-order valence-electron chi connectivity index (χ3n) is 3.17. The van der Waals surface area contributed by atoms with E-state index in [-0.39, 0.29) is 62.0 Å². The van der Waals surface area contributed by atoms with Gasteiger partial charge >= 0.3 is 13.6 Å². The molecule has 0 aliphatic carbocycles. The van der Waals surface area contributed by atoms with E-state index in [9.17, 15) is 14.2 Å². The van der Waals surface area contributed by atoms with Gasteiger partial charge in [0, 0.05) is 20.0 Å². The van der Waals surface area contributed by atoms with E-state index in [1.54, 1.807) is 6.92 Å². The van der Waals surface area contributed by atoms with Crippen molar-refractivity contribution in [3.05, 3.63) is 11.5 Å². The number of hydrogen-bond acceptors (Lipinski definition) is 11. The van der Waals surface area contributed by atoms with Crippen LogP contribution in [0.4, 0.5) is 11.5 Å². The van der Waals surface area contributed by atoms with E-state index in [1.165, 1.54) is 13.3 Å². The van der Waals surface area contributed by atoms with Crippen LogP contribution in [-0.4, -0.2) is 61.7 Å². The SMILES string of the molecule is CCOP(=O)(COCCCONc1ncnc(Cl)c1NC=O)OCCCOC(C)=O. The molecule has 0 saturated carbocycles. The number of carbonyl (C=O) groups is 2. The van der Waals surface area contributed by atoms with Crippen LogP contribution in [0.5, 0.6) is 0 Å². The van der Waals surface area contributed by atoms with E-state index < -0.39 is 7.60 Å². The minimum atomic E-state index is -3.40. The zero-order valence-corrected chi connectivity index (χ0v) is 18.4. The van der Waals surface area contributed by atoms with Crippen molar-refractivity contribution in [3.63, 3.8) is 0 Å². The number of rotatable bonds is 17. The summed E-state index contributed by atoms with van der Waals surface area (Å²) in [4.78, 5) is 34.2. The summed E-state index contributed by atoms with van der Waals surface area (Å²) in [6.07, 6.45) is 2.30. The molecule has 0 fully saturated rings. The predicted molar refractivity (Wildman–Crippen MR) is 108 cm³/mol. The van der Waals surface area contributed by atoms with Crippen molar-refractivity contribution in [3.8, 4) is 0 Å². The molecule has 0 aliphatic heterocycles. The molecule has 1 amide bonds. The van der Waals surface area contributed by atoms with Crippen molar-refractivity contribution in [2.45, 2.75) is 26.7 Å². The van der Waals surface area contributed by atoms with Crippen molar-refractivity contribution in [2.24, 2.45) is 0 Å². The van der Waals surface area contributed by atoms with Gasteiger partial charge in [0.05, 0.1) is 26.4 Å². The van der Waals surface area contributed by atoms with Crippen LogP contribution in [0.2, 0.25) is 5.15 Å². The lowest BCUT2D eigenvalue weighted by Gasteiger charge is -2.18. The smallest absolute Gasteiger partial charge is 0.356 e. The van der Waals surface area contributed by atoms with Crippen molar-refractivity contribution in [1.29, 1.82) is 0 Å². The Balaban J connectivity index is 2.26. The summed E-state index contributed by atoms with van der Waals surface area (Å²) in [7, 11) is -3.40. The van der Waals surface area contributed by atoms with Gasteiger partial charge in [-0.25, -0.2) is 15.4 Å². The van der Waals surface area contributed by atoms with Crippen LogP contribution in [0.25, 0.3) is 0 Å². The Morgan fingerprint density at radius 2 is 1.97 bits per heavy atom. The second kappa shape index (κ2) is 15.1. The maximum Gasteiger partial charge on any atom is 0.356 e. The van der Waals surface area contributed by atoms with E-state index in [2.05, 4.69) is 20.8 Å². The molecule has 0 radical (unpaired) electrons. The fourth-order valence-corrected chi connectivity index (χ4v) is 3.51. The zero-order valence-electron chi connectivity index (χ0n) is 16.8. The summed E-state index contributed by atoms with van der Waals surface area (Å²) in [5, 5.41) is 2.44. The van der Waals surface area contributed by atoms with Gasteiger partial charge in [0.25, 0.3) is 0 Å². The number of hydrogen-bond donors (Lipinski definition) is 2. The topological polar surface area (TPSA) is 147 Å². The second-order valence-electron chi connectivity index (χ2n) is 5.55. The summed E-state index contributed by atoms with van der Waals surface area (Å²) >= 11 is 5.87. The molecule has 1 aromatic rings. The lowest BCUT2D eigenvalue weighted by atomic mass is 10.5. The quantitative estimate of drug-likeness (QED) is 0.0867. The lowest BCUT2D eigenvalue weighted by Crippen LogP contribution is -2.11. The molecule has 0 aromatic carbocycles. The summed E-state index contributed by atoms with van der Waals surface area (Å²) in [5.41, 5.74) is 2.75. The Labute approximate surface area is 179 Å². The van der Waals surface area contributed by atoms with E-state index in [4.69, 9.17) is 35.0 Å². The van der Waals surface area contributed by atoms with Crippen LogP contribution >= 0.6 is 19.2 Å². The van der Waals surface area contributed by atoms with Crippen molar-refractivity contribution >= 4 is 43.1 Å². The number of aromatic nitrogens is 2. The second-order valence-corrected chi connectivity index (χ2v) is 7.90. The zero-order chi connectivity index (χ0) is 22.2. The fourth-order valence-electron chi connectivity index (χ4n) is 1.94. The number of esters is 1. The summed E-state index contributed by atoms with van der Waals surface area (Å²) in [6.45, 7) is 3.96. The van der Waals surface area contributed by atoms with Gasteiger partial charge in [0.1, 0.15) is 18.4 Å². The van der Waals surface area contributed by atoms with Crippen molar-refractivity contribution in [2.75, 3.05) is 50.2 Å². The molecular formula is C16H26ClN4O8P. The molecule has 1 unspecified atom stereocenters. The number of carbonyl (C=O) groups excluding carboxylic acids is 2. The standard InChI is InChI=1S/C16H26ClN4O8P/c1-3-28-30(24,29-9-5-7-26-13(2)23)12-25-6-4-8-27-21-16-14(20-11-22)15(17)18-10-19-16/h10-11H,3-9,12H2,1-2H3,(H,20,22)(H,18,19,21). The molecule has 1 aromatic heterocycles. The molecule has 0 bridgehead atoms. The van der Waals surface area contributed by atoms with Crippen LogP contribution in [0, 0.1) is 0 Å². The third-order valence-corrected chi connectivity index (χ3v) is 5.18. The maximum absolute atomic E-state index is 12.5. The number of nitrogens with one attached hydrogen (secondary N) is 2. The fraction of sp³-hybridized carbons (Fsp3) is 0.625. The number of amides is 1. The lowest BCUT2D eigenvalue weighted by molar-refractivity contribution is -0.141. The Morgan fingerprint density at radius 1 is 1.20 bits per heavy atom. The van der Waals surface area contributed by atoms with Gasteiger partial charge in [0.15, 0.2) is 11.0 Å². The van der Waals surface area contributed by atoms with Gasteiger partial charge in [-0.05, 0) is 13.3 Å². The Morgan fingerprint density at radius 3 is 2.67 bits per heavy atom. The first-order chi connectivity index (χ1) is 14.4. The van der Waals surface area contributed by atoms with Gasteiger partial charge in [-0.1, -0.05) is 11.6 Å². The molecule has 1 rings (SSSR count). The molecule has 1 heterocycles. The first-order valence-electron chi connectivity index (χ1n) is 9.09. The van der Waals surface area contributed by atoms with E-state index in [0.717, 1.165) is 0 Å². The predicted octanol–water partition coefficient (Wildman–Crippen LogP) is 2.61. The largest absolute Gasteiger partial charge is 0.466 e. The molecule has 14 heteroatoms. The molecule has 0 saturated heterocycles. The monoisotopic (exact) mass is 468 g/mol. The summed E-state index contributed by atoms with van der Waals surface area (Å²) < 4.78 is 33.2. The highest BCUT2D eigenvalue weighted by molar-refractivity contribution is 7.53. The minimum Gasteiger partial charge on any atom is -0.466 e. The summed E-state index contributed by atoms with van der Waals surface area (Å²) in [5.74, 6) is -0.187. The average molecular weight is 469 g/mol. The third kappa shape index (κ3) is 10.8. The molecule has 1 atom stereocenters. The van der Waals surface area contributed by atoms with Crippen LogP contribution in [0.1, 0.15) is 26.7 Å². The number of anilines is 2. The van der Waals surface area contributed by atoms with E-state index in [0.29, 0.717) is 19.3 Å². The Bertz CT molecular complexity index is 712. The van der Waals surface area contributed by atoms with Gasteiger partial charge in [-0.15, -0.1) is 0 Å². The number of ether oxygens (including phenoxy) is 2. The van der Waals surface area contributed by atoms with Crippen LogP contribution in [0.3, 0.4) is 0 Å². The first-order valence-corrected chi connectivity index (χ1v) is 11.2. The first kappa shape index (κ1) is 26.2. The Kier molecular flexibility index (Phi) is 13.2. The van der Waals surface area contributed by atoms with E-state index >= 15 is 0 Å². The molecule has 2 N–H and O–H groups in total. The molecule has 0 spiro atoms. The highest BCUT2D eigenvalue weighted by Crippen LogP contribution is 2.48. The summed E-state index contributed by atoms with van der Waals surface area (Å²) in [6, 6.07) is 0.